The molecule has 2 aromatic carbocycles. The van der Waals surface area contributed by atoms with Crippen LogP contribution in [0.5, 0.6) is 0 Å². The molecule has 3 rings (SSSR count). The standard InChI is InChI=1S/C21H26N2O/c1-17(16-18-8-4-2-5-9-18)23-14-12-20(13-15-23)22-21(24)19-10-6-3-7-11-19/h2-11,17,20H,12-16H2,1H3,(H,22,24). The van der Waals surface area contributed by atoms with E-state index in [1.54, 1.807) is 0 Å². The highest BCUT2D eigenvalue weighted by Crippen LogP contribution is 2.16. The molecule has 1 aliphatic rings. The van der Waals surface area contributed by atoms with E-state index in [2.05, 4.69) is 47.5 Å². The Morgan fingerprint density at radius 2 is 1.62 bits per heavy atom. The van der Waals surface area contributed by atoms with Crippen molar-refractivity contribution in [3.63, 3.8) is 0 Å². The maximum atomic E-state index is 12.2. The number of nitrogens with one attached hydrogen (secondary N) is 1. The second-order valence-electron chi connectivity index (χ2n) is 6.69. The summed E-state index contributed by atoms with van der Waals surface area (Å²) >= 11 is 0. The van der Waals surface area contributed by atoms with Gasteiger partial charge in [-0.1, -0.05) is 48.5 Å². The molecular formula is C21H26N2O. The fraction of sp³-hybridized carbons (Fsp3) is 0.381. The molecule has 1 unspecified atom stereocenters. The molecule has 0 bridgehead atoms. The van der Waals surface area contributed by atoms with Crippen LogP contribution in [-0.2, 0) is 6.42 Å². The van der Waals surface area contributed by atoms with Gasteiger partial charge in [0.2, 0.25) is 0 Å². The van der Waals surface area contributed by atoms with Gasteiger partial charge >= 0.3 is 0 Å². The van der Waals surface area contributed by atoms with Gasteiger partial charge in [0, 0.05) is 30.7 Å². The number of amides is 1. The average Bonchev–Trinajstić information content (AvgIpc) is 2.64. The van der Waals surface area contributed by atoms with Crippen molar-refractivity contribution in [1.29, 1.82) is 0 Å². The molecule has 0 spiro atoms. The van der Waals surface area contributed by atoms with E-state index in [9.17, 15) is 4.79 Å². The van der Waals surface area contributed by atoms with Crippen molar-refractivity contribution in [3.8, 4) is 0 Å². The van der Waals surface area contributed by atoms with E-state index in [1.165, 1.54) is 5.56 Å². The Bertz CT molecular complexity index is 633. The van der Waals surface area contributed by atoms with Crippen molar-refractivity contribution in [2.75, 3.05) is 13.1 Å². The third-order valence-corrected chi connectivity index (χ3v) is 4.90. The zero-order chi connectivity index (χ0) is 16.8. The van der Waals surface area contributed by atoms with Gasteiger partial charge in [0.25, 0.3) is 5.91 Å². The number of carbonyl (C=O) groups excluding carboxylic acids is 1. The predicted molar refractivity (Wildman–Crippen MR) is 98.1 cm³/mol. The molecule has 3 nitrogen and oxygen atoms in total. The first-order valence-corrected chi connectivity index (χ1v) is 8.86. The first-order chi connectivity index (χ1) is 11.7. The van der Waals surface area contributed by atoms with Crippen LogP contribution >= 0.6 is 0 Å². The zero-order valence-electron chi connectivity index (χ0n) is 14.3. The van der Waals surface area contributed by atoms with E-state index >= 15 is 0 Å². The van der Waals surface area contributed by atoms with Gasteiger partial charge in [-0.15, -0.1) is 0 Å². The van der Waals surface area contributed by atoms with Gasteiger partial charge in [-0.3, -0.25) is 4.79 Å². The van der Waals surface area contributed by atoms with Gasteiger partial charge in [-0.25, -0.2) is 0 Å². The van der Waals surface area contributed by atoms with E-state index in [1.807, 2.05) is 30.3 Å². The summed E-state index contributed by atoms with van der Waals surface area (Å²) in [6.07, 6.45) is 3.14. The summed E-state index contributed by atoms with van der Waals surface area (Å²) in [7, 11) is 0. The lowest BCUT2D eigenvalue weighted by atomic mass is 10.00. The molecule has 1 amide bonds. The van der Waals surface area contributed by atoms with Crippen LogP contribution in [0, 0.1) is 0 Å². The monoisotopic (exact) mass is 322 g/mol. The lowest BCUT2D eigenvalue weighted by Crippen LogP contribution is -2.47. The maximum Gasteiger partial charge on any atom is 0.251 e. The van der Waals surface area contributed by atoms with Gasteiger partial charge in [-0.05, 0) is 43.9 Å². The Morgan fingerprint density at radius 3 is 2.25 bits per heavy atom. The van der Waals surface area contributed by atoms with Crippen molar-refractivity contribution in [2.24, 2.45) is 0 Å². The minimum atomic E-state index is 0.0476. The van der Waals surface area contributed by atoms with Crippen molar-refractivity contribution in [3.05, 3.63) is 71.8 Å². The molecule has 2 aromatic rings. The average molecular weight is 322 g/mol. The molecule has 1 N–H and O–H groups in total. The third-order valence-electron chi connectivity index (χ3n) is 4.90. The van der Waals surface area contributed by atoms with E-state index in [-0.39, 0.29) is 11.9 Å². The number of hydrogen-bond donors (Lipinski definition) is 1. The Kier molecular flexibility index (Phi) is 5.65. The molecule has 0 saturated carbocycles. The summed E-state index contributed by atoms with van der Waals surface area (Å²) in [4.78, 5) is 14.8. The second-order valence-corrected chi connectivity index (χ2v) is 6.69. The molecule has 0 aliphatic carbocycles. The fourth-order valence-corrected chi connectivity index (χ4v) is 3.43. The summed E-state index contributed by atoms with van der Waals surface area (Å²) in [6, 6.07) is 21.0. The molecule has 126 valence electrons. The van der Waals surface area contributed by atoms with Crippen LogP contribution < -0.4 is 5.32 Å². The smallest absolute Gasteiger partial charge is 0.251 e. The Morgan fingerprint density at radius 1 is 1.04 bits per heavy atom. The maximum absolute atomic E-state index is 12.2. The van der Waals surface area contributed by atoms with E-state index in [0.29, 0.717) is 6.04 Å². The Labute approximate surface area is 144 Å². The number of carbonyl (C=O) groups is 1. The minimum Gasteiger partial charge on any atom is -0.349 e. The number of benzene rings is 2. The quantitative estimate of drug-likeness (QED) is 0.913. The Balaban J connectivity index is 1.46. The van der Waals surface area contributed by atoms with Crippen LogP contribution in [0.25, 0.3) is 0 Å². The van der Waals surface area contributed by atoms with Gasteiger partial charge in [-0.2, -0.15) is 0 Å². The van der Waals surface area contributed by atoms with E-state index < -0.39 is 0 Å². The van der Waals surface area contributed by atoms with Crippen LogP contribution in [0.3, 0.4) is 0 Å². The van der Waals surface area contributed by atoms with Crippen molar-refractivity contribution in [2.45, 2.75) is 38.3 Å². The molecule has 1 fully saturated rings. The van der Waals surface area contributed by atoms with Gasteiger partial charge in [0.05, 0.1) is 0 Å². The second kappa shape index (κ2) is 8.11. The topological polar surface area (TPSA) is 32.3 Å². The molecule has 1 atom stereocenters. The SMILES string of the molecule is CC(Cc1ccccc1)N1CCC(NC(=O)c2ccccc2)CC1. The number of nitrogens with zero attached hydrogens (tertiary/aromatic N) is 1. The van der Waals surface area contributed by atoms with Crippen molar-refractivity contribution < 1.29 is 4.79 Å². The van der Waals surface area contributed by atoms with Crippen molar-refractivity contribution >= 4 is 5.91 Å². The molecule has 1 aliphatic heterocycles. The summed E-state index contributed by atoms with van der Waals surface area (Å²) in [5.74, 6) is 0.0476. The molecule has 1 saturated heterocycles. The molecular weight excluding hydrogens is 296 g/mol. The van der Waals surface area contributed by atoms with Gasteiger partial charge in [0.1, 0.15) is 0 Å². The molecule has 24 heavy (non-hydrogen) atoms. The van der Waals surface area contributed by atoms with Crippen LogP contribution in [0.15, 0.2) is 60.7 Å². The summed E-state index contributed by atoms with van der Waals surface area (Å²) in [6.45, 7) is 4.40. The number of piperidine rings is 1. The first-order valence-electron chi connectivity index (χ1n) is 8.86. The predicted octanol–water partition coefficient (Wildman–Crippen LogP) is 3.51. The molecule has 1 heterocycles. The summed E-state index contributed by atoms with van der Waals surface area (Å²) in [5.41, 5.74) is 2.14. The highest BCUT2D eigenvalue weighted by atomic mass is 16.1. The Hall–Kier alpha value is -2.13. The van der Waals surface area contributed by atoms with Crippen LogP contribution in [-0.4, -0.2) is 36.0 Å². The normalized spacial score (nSPS) is 17.4. The lowest BCUT2D eigenvalue weighted by molar-refractivity contribution is 0.0896. The van der Waals surface area contributed by atoms with Crippen LogP contribution in [0.4, 0.5) is 0 Å². The molecule has 3 heteroatoms. The number of hydrogen-bond acceptors (Lipinski definition) is 2. The zero-order valence-corrected chi connectivity index (χ0v) is 14.3. The van der Waals surface area contributed by atoms with Crippen LogP contribution in [0.2, 0.25) is 0 Å². The van der Waals surface area contributed by atoms with Crippen molar-refractivity contribution in [1.82, 2.24) is 10.2 Å². The van der Waals surface area contributed by atoms with Gasteiger partial charge in [0.15, 0.2) is 0 Å². The highest BCUT2D eigenvalue weighted by molar-refractivity contribution is 5.94. The lowest BCUT2D eigenvalue weighted by Gasteiger charge is -2.36. The first kappa shape index (κ1) is 16.7. The summed E-state index contributed by atoms with van der Waals surface area (Å²) < 4.78 is 0. The molecule has 0 aromatic heterocycles. The summed E-state index contributed by atoms with van der Waals surface area (Å²) in [5, 5.41) is 3.18. The largest absolute Gasteiger partial charge is 0.349 e. The fourth-order valence-electron chi connectivity index (χ4n) is 3.43. The van der Waals surface area contributed by atoms with E-state index in [4.69, 9.17) is 0 Å². The number of likely N-dealkylation sites (tertiary alicyclic amines) is 1. The third kappa shape index (κ3) is 4.45. The minimum absolute atomic E-state index is 0.0476. The highest BCUT2D eigenvalue weighted by Gasteiger charge is 2.24. The number of rotatable bonds is 5. The van der Waals surface area contributed by atoms with Gasteiger partial charge < -0.3 is 10.2 Å². The molecule has 0 radical (unpaired) electrons. The van der Waals surface area contributed by atoms with Crippen LogP contribution in [0.1, 0.15) is 35.7 Å². The van der Waals surface area contributed by atoms with E-state index in [0.717, 1.165) is 37.9 Å².